The van der Waals surface area contributed by atoms with Gasteiger partial charge < -0.3 is 10.1 Å². The van der Waals surface area contributed by atoms with Crippen molar-refractivity contribution in [1.82, 2.24) is 9.71 Å². The minimum absolute atomic E-state index is 0.00778. The van der Waals surface area contributed by atoms with Crippen LogP contribution in [0.25, 0.3) is 0 Å². The number of hydrogen-bond donors (Lipinski definition) is 3. The Bertz CT molecular complexity index is 683. The quantitative estimate of drug-likeness (QED) is 0.742. The second-order valence-electron chi connectivity index (χ2n) is 5.13. The Hall–Kier alpha value is -1.19. The van der Waals surface area contributed by atoms with Crippen LogP contribution in [0.15, 0.2) is 4.90 Å². The van der Waals surface area contributed by atoms with Crippen molar-refractivity contribution < 1.29 is 22.5 Å². The lowest BCUT2D eigenvalue weighted by molar-refractivity contribution is 0.0690. The number of aromatic amines is 1. The van der Waals surface area contributed by atoms with E-state index in [0.717, 1.165) is 0 Å². The van der Waals surface area contributed by atoms with Crippen LogP contribution in [0.4, 0.5) is 0 Å². The van der Waals surface area contributed by atoms with Crippen LogP contribution in [0.5, 0.6) is 0 Å². The molecule has 1 aromatic rings. The van der Waals surface area contributed by atoms with Gasteiger partial charge in [-0.3, -0.25) is 4.21 Å². The first kappa shape index (κ1) is 16.2. The number of nitrogens with one attached hydrogen (secondary N) is 2. The summed E-state index contributed by atoms with van der Waals surface area (Å²) >= 11 is 0. The van der Waals surface area contributed by atoms with Crippen LogP contribution < -0.4 is 4.72 Å². The normalized spacial score (nSPS) is 23.1. The minimum atomic E-state index is -3.79. The second kappa shape index (κ2) is 5.90. The molecule has 7 nitrogen and oxygen atoms in total. The third-order valence-corrected chi connectivity index (χ3v) is 6.74. The fourth-order valence-electron chi connectivity index (χ4n) is 2.54. The Morgan fingerprint density at radius 1 is 1.33 bits per heavy atom. The molecule has 3 N–H and O–H groups in total. The van der Waals surface area contributed by atoms with Crippen molar-refractivity contribution in [2.75, 3.05) is 11.5 Å². The van der Waals surface area contributed by atoms with Gasteiger partial charge in [0.2, 0.25) is 10.0 Å². The zero-order valence-corrected chi connectivity index (χ0v) is 13.4. The maximum atomic E-state index is 12.5. The van der Waals surface area contributed by atoms with E-state index in [0.29, 0.717) is 30.0 Å². The van der Waals surface area contributed by atoms with Gasteiger partial charge in [0, 0.05) is 39.6 Å². The van der Waals surface area contributed by atoms with Crippen LogP contribution >= 0.6 is 0 Å². The Morgan fingerprint density at radius 2 is 1.90 bits per heavy atom. The molecular weight excluding hydrogens is 316 g/mol. The SMILES string of the molecule is Cc1[nH]c(C(=O)O)c(C)c1S(=O)(=O)NC1CCS(=O)CC1. The van der Waals surface area contributed by atoms with Crippen LogP contribution in [-0.2, 0) is 20.8 Å². The first-order chi connectivity index (χ1) is 9.72. The van der Waals surface area contributed by atoms with Crippen molar-refractivity contribution in [2.24, 2.45) is 0 Å². The summed E-state index contributed by atoms with van der Waals surface area (Å²) in [7, 11) is -4.66. The summed E-state index contributed by atoms with van der Waals surface area (Å²) in [6.07, 6.45) is 1.06. The van der Waals surface area contributed by atoms with E-state index in [1.54, 1.807) is 0 Å². The van der Waals surface area contributed by atoms with E-state index in [4.69, 9.17) is 5.11 Å². The number of aromatic nitrogens is 1. The number of rotatable bonds is 4. The lowest BCUT2D eigenvalue weighted by atomic mass is 10.2. The van der Waals surface area contributed by atoms with Gasteiger partial charge in [-0.15, -0.1) is 0 Å². The molecule has 1 fully saturated rings. The van der Waals surface area contributed by atoms with Crippen molar-refractivity contribution in [1.29, 1.82) is 0 Å². The number of H-pyrrole nitrogens is 1. The summed E-state index contributed by atoms with van der Waals surface area (Å²) in [6, 6.07) is -0.255. The van der Waals surface area contributed by atoms with E-state index in [1.807, 2.05) is 0 Å². The number of aryl methyl sites for hydroxylation is 1. The van der Waals surface area contributed by atoms with Crippen molar-refractivity contribution in [3.05, 3.63) is 17.0 Å². The van der Waals surface area contributed by atoms with Gasteiger partial charge >= 0.3 is 5.97 Å². The van der Waals surface area contributed by atoms with Crippen molar-refractivity contribution in [3.8, 4) is 0 Å². The average Bonchev–Trinajstić information content (AvgIpc) is 2.68. The molecule has 0 saturated carbocycles. The average molecular weight is 334 g/mol. The minimum Gasteiger partial charge on any atom is -0.477 e. The van der Waals surface area contributed by atoms with Crippen molar-refractivity contribution in [2.45, 2.75) is 37.6 Å². The van der Waals surface area contributed by atoms with Crippen LogP contribution in [0.3, 0.4) is 0 Å². The van der Waals surface area contributed by atoms with Gasteiger partial charge in [0.15, 0.2) is 0 Å². The molecule has 0 unspecified atom stereocenters. The molecule has 0 aliphatic carbocycles. The predicted molar refractivity (Wildman–Crippen MR) is 78.4 cm³/mol. The number of sulfonamides is 1. The van der Waals surface area contributed by atoms with Crippen LogP contribution in [0.1, 0.15) is 34.6 Å². The van der Waals surface area contributed by atoms with Gasteiger partial charge in [-0.1, -0.05) is 0 Å². The second-order valence-corrected chi connectivity index (χ2v) is 8.47. The zero-order valence-electron chi connectivity index (χ0n) is 11.8. The highest BCUT2D eigenvalue weighted by molar-refractivity contribution is 7.89. The summed E-state index contributed by atoms with van der Waals surface area (Å²) in [5, 5.41) is 9.04. The molecule has 1 saturated heterocycles. The van der Waals surface area contributed by atoms with E-state index >= 15 is 0 Å². The van der Waals surface area contributed by atoms with E-state index in [-0.39, 0.29) is 22.2 Å². The Balaban J connectivity index is 2.28. The van der Waals surface area contributed by atoms with Gasteiger partial charge in [0.25, 0.3) is 0 Å². The molecule has 0 radical (unpaired) electrons. The third-order valence-electron chi connectivity index (χ3n) is 3.56. The summed E-state index contributed by atoms with van der Waals surface area (Å²) in [6.45, 7) is 3.00. The van der Waals surface area contributed by atoms with Crippen LogP contribution in [-0.4, -0.2) is 46.2 Å². The number of aromatic carboxylic acids is 1. The monoisotopic (exact) mass is 334 g/mol. The maximum absolute atomic E-state index is 12.5. The topological polar surface area (TPSA) is 116 Å². The predicted octanol–water partition coefficient (Wildman–Crippen LogP) is 0.519. The van der Waals surface area contributed by atoms with E-state index in [2.05, 4.69) is 9.71 Å². The summed E-state index contributed by atoms with van der Waals surface area (Å²) in [5.41, 5.74) is 0.390. The molecule has 0 amide bonds. The molecule has 0 atom stereocenters. The molecule has 21 heavy (non-hydrogen) atoms. The number of carbonyl (C=O) groups is 1. The molecule has 2 heterocycles. The van der Waals surface area contributed by atoms with Gasteiger partial charge in [-0.2, -0.15) is 0 Å². The Morgan fingerprint density at radius 3 is 2.38 bits per heavy atom. The summed E-state index contributed by atoms with van der Waals surface area (Å²) < 4.78 is 38.8. The molecule has 0 aromatic carbocycles. The first-order valence-electron chi connectivity index (χ1n) is 6.52. The molecule has 1 aliphatic heterocycles. The van der Waals surface area contributed by atoms with Gasteiger partial charge in [-0.25, -0.2) is 17.9 Å². The molecule has 0 spiro atoms. The highest BCUT2D eigenvalue weighted by Crippen LogP contribution is 2.24. The summed E-state index contributed by atoms with van der Waals surface area (Å²) in [5.74, 6) is -0.220. The van der Waals surface area contributed by atoms with E-state index < -0.39 is 26.8 Å². The van der Waals surface area contributed by atoms with Crippen LogP contribution in [0.2, 0.25) is 0 Å². The smallest absolute Gasteiger partial charge is 0.352 e. The molecular formula is C12H18N2O5S2. The molecule has 0 bridgehead atoms. The largest absolute Gasteiger partial charge is 0.477 e. The Kier molecular flexibility index (Phi) is 4.54. The maximum Gasteiger partial charge on any atom is 0.352 e. The standard InChI is InChI=1S/C12H18N2O5S2/c1-7-10(12(15)16)13-8(2)11(7)21(18,19)14-9-3-5-20(17)6-4-9/h9,13-14H,3-6H2,1-2H3,(H,15,16). The van der Waals surface area contributed by atoms with Crippen molar-refractivity contribution >= 4 is 26.8 Å². The molecule has 2 rings (SSSR count). The fraction of sp³-hybridized carbons (Fsp3) is 0.583. The highest BCUT2D eigenvalue weighted by Gasteiger charge is 2.29. The fourth-order valence-corrected chi connectivity index (χ4v) is 5.59. The first-order valence-corrected chi connectivity index (χ1v) is 9.49. The van der Waals surface area contributed by atoms with Gasteiger partial charge in [0.05, 0.1) is 0 Å². The van der Waals surface area contributed by atoms with Crippen LogP contribution in [0, 0.1) is 13.8 Å². The van der Waals surface area contributed by atoms with E-state index in [9.17, 15) is 17.4 Å². The number of carboxylic acids is 1. The van der Waals surface area contributed by atoms with Gasteiger partial charge in [-0.05, 0) is 26.7 Å². The molecule has 118 valence electrons. The lowest BCUT2D eigenvalue weighted by Crippen LogP contribution is -2.39. The van der Waals surface area contributed by atoms with Crippen molar-refractivity contribution in [3.63, 3.8) is 0 Å². The molecule has 1 aromatic heterocycles. The van der Waals surface area contributed by atoms with Gasteiger partial charge in [0.1, 0.15) is 10.6 Å². The highest BCUT2D eigenvalue weighted by atomic mass is 32.2. The number of carboxylic acid groups (broad SMARTS) is 1. The zero-order chi connectivity index (χ0) is 15.8. The lowest BCUT2D eigenvalue weighted by Gasteiger charge is -2.22. The Labute approximate surface area is 125 Å². The molecule has 9 heteroatoms. The van der Waals surface area contributed by atoms with E-state index in [1.165, 1.54) is 13.8 Å². The molecule has 1 aliphatic rings. The third kappa shape index (κ3) is 3.35. The number of hydrogen-bond acceptors (Lipinski definition) is 4. The summed E-state index contributed by atoms with van der Waals surface area (Å²) in [4.78, 5) is 13.6.